The summed E-state index contributed by atoms with van der Waals surface area (Å²) in [4.78, 5) is 28.0. The van der Waals surface area contributed by atoms with E-state index in [0.29, 0.717) is 12.4 Å². The predicted molar refractivity (Wildman–Crippen MR) is 86.0 cm³/mol. The molecule has 0 saturated carbocycles. The molecule has 0 saturated heterocycles. The summed E-state index contributed by atoms with van der Waals surface area (Å²) in [6.07, 6.45) is 1.54. The minimum atomic E-state index is -0.952. The third-order valence-corrected chi connectivity index (χ3v) is 4.41. The van der Waals surface area contributed by atoms with Gasteiger partial charge in [-0.15, -0.1) is 0 Å². The first-order valence-electron chi connectivity index (χ1n) is 7.91. The predicted octanol–water partition coefficient (Wildman–Crippen LogP) is 2.38. The molecule has 6 nitrogen and oxygen atoms in total. The molecule has 1 aliphatic carbocycles. The van der Waals surface area contributed by atoms with E-state index < -0.39 is 6.09 Å². The van der Waals surface area contributed by atoms with Crippen molar-refractivity contribution in [1.82, 2.24) is 9.88 Å². The maximum Gasteiger partial charge on any atom is 0.407 e. The Morgan fingerprint density at radius 1 is 1.39 bits per heavy atom. The molecule has 1 N–H and O–H groups in total. The van der Waals surface area contributed by atoms with Gasteiger partial charge in [0, 0.05) is 23.2 Å². The van der Waals surface area contributed by atoms with Gasteiger partial charge < -0.3 is 19.5 Å². The van der Waals surface area contributed by atoms with Crippen LogP contribution in [0.3, 0.4) is 0 Å². The lowest BCUT2D eigenvalue weighted by atomic mass is 10.0. The molecular formula is C17H24N2O4. The normalized spacial score (nSPS) is 16.3. The SMILES string of the molecule is Cc1nc(OCCN(C(=O)O)C(C)C)c(C)c2c1CC(C=O)C2. The smallest absolute Gasteiger partial charge is 0.407 e. The van der Waals surface area contributed by atoms with Gasteiger partial charge >= 0.3 is 6.09 Å². The summed E-state index contributed by atoms with van der Waals surface area (Å²) in [6.45, 7) is 8.09. The molecule has 0 bridgehead atoms. The second-order valence-electron chi connectivity index (χ2n) is 6.31. The van der Waals surface area contributed by atoms with Crippen molar-refractivity contribution in [3.05, 3.63) is 22.4 Å². The molecule has 1 aromatic rings. The largest absolute Gasteiger partial charge is 0.476 e. The van der Waals surface area contributed by atoms with Crippen LogP contribution in [-0.2, 0) is 17.6 Å². The van der Waals surface area contributed by atoms with E-state index in [-0.39, 0.29) is 18.6 Å². The van der Waals surface area contributed by atoms with Gasteiger partial charge in [-0.25, -0.2) is 9.78 Å². The average molecular weight is 320 g/mol. The highest BCUT2D eigenvalue weighted by atomic mass is 16.5. The third kappa shape index (κ3) is 3.63. The van der Waals surface area contributed by atoms with Crippen molar-refractivity contribution in [3.63, 3.8) is 0 Å². The second-order valence-corrected chi connectivity index (χ2v) is 6.31. The fourth-order valence-corrected chi connectivity index (χ4v) is 3.07. The first-order chi connectivity index (χ1) is 10.8. The summed E-state index contributed by atoms with van der Waals surface area (Å²) >= 11 is 0. The summed E-state index contributed by atoms with van der Waals surface area (Å²) in [5.74, 6) is 0.574. The zero-order valence-corrected chi connectivity index (χ0v) is 14.1. The van der Waals surface area contributed by atoms with Crippen molar-refractivity contribution in [3.8, 4) is 5.88 Å². The standard InChI is InChI=1S/C17H24N2O4/c1-10(2)19(17(21)22)5-6-23-16-11(3)14-7-13(9-20)8-15(14)12(4)18-16/h9-10,13H,5-8H2,1-4H3,(H,21,22). The lowest BCUT2D eigenvalue weighted by Crippen LogP contribution is -2.38. The molecule has 1 amide bonds. The van der Waals surface area contributed by atoms with E-state index in [9.17, 15) is 9.59 Å². The van der Waals surface area contributed by atoms with Crippen molar-refractivity contribution < 1.29 is 19.4 Å². The Labute approximate surface area is 136 Å². The van der Waals surface area contributed by atoms with Gasteiger partial charge in [0.1, 0.15) is 12.9 Å². The maximum atomic E-state index is 11.1. The van der Waals surface area contributed by atoms with E-state index in [0.717, 1.165) is 41.5 Å². The highest BCUT2D eigenvalue weighted by molar-refractivity contribution is 5.65. The van der Waals surface area contributed by atoms with Gasteiger partial charge in [0.25, 0.3) is 0 Å². The summed E-state index contributed by atoms with van der Waals surface area (Å²) in [6, 6.07) is -0.0970. The molecule has 1 aliphatic rings. The maximum absolute atomic E-state index is 11.1. The topological polar surface area (TPSA) is 79.7 Å². The molecule has 0 aliphatic heterocycles. The van der Waals surface area contributed by atoms with E-state index >= 15 is 0 Å². The molecule has 23 heavy (non-hydrogen) atoms. The fourth-order valence-electron chi connectivity index (χ4n) is 3.07. The minimum Gasteiger partial charge on any atom is -0.476 e. The van der Waals surface area contributed by atoms with Crippen molar-refractivity contribution in [2.75, 3.05) is 13.2 Å². The van der Waals surface area contributed by atoms with Gasteiger partial charge in [-0.2, -0.15) is 0 Å². The number of fused-ring (bicyclic) bond motifs is 1. The Kier molecular flexibility index (Phi) is 5.23. The Morgan fingerprint density at radius 3 is 2.61 bits per heavy atom. The Balaban J connectivity index is 2.09. The molecule has 6 heteroatoms. The van der Waals surface area contributed by atoms with E-state index in [1.54, 1.807) is 0 Å². The van der Waals surface area contributed by atoms with Crippen LogP contribution >= 0.6 is 0 Å². The zero-order chi connectivity index (χ0) is 17.1. The number of aldehydes is 1. The van der Waals surface area contributed by atoms with Gasteiger partial charge in [-0.1, -0.05) is 0 Å². The Morgan fingerprint density at radius 2 is 2.04 bits per heavy atom. The number of ether oxygens (including phenoxy) is 1. The van der Waals surface area contributed by atoms with Crippen LogP contribution in [0.4, 0.5) is 4.79 Å². The lowest BCUT2D eigenvalue weighted by Gasteiger charge is -2.23. The third-order valence-electron chi connectivity index (χ3n) is 4.41. The molecule has 0 radical (unpaired) electrons. The molecule has 1 unspecified atom stereocenters. The molecule has 0 fully saturated rings. The Bertz CT molecular complexity index is 613. The number of carbonyl (C=O) groups excluding carboxylic acids is 1. The highest BCUT2D eigenvalue weighted by Crippen LogP contribution is 2.34. The van der Waals surface area contributed by atoms with Crippen molar-refractivity contribution in [2.24, 2.45) is 5.92 Å². The Hall–Kier alpha value is -2.11. The quantitative estimate of drug-likeness (QED) is 0.814. The summed E-state index contributed by atoms with van der Waals surface area (Å²) in [7, 11) is 0. The first-order valence-corrected chi connectivity index (χ1v) is 7.91. The van der Waals surface area contributed by atoms with Crippen LogP contribution in [0.2, 0.25) is 0 Å². The molecule has 1 atom stereocenters. The van der Waals surface area contributed by atoms with Crippen LogP contribution < -0.4 is 4.74 Å². The van der Waals surface area contributed by atoms with Crippen LogP contribution in [0.5, 0.6) is 5.88 Å². The van der Waals surface area contributed by atoms with Crippen molar-refractivity contribution in [1.29, 1.82) is 0 Å². The number of aryl methyl sites for hydroxylation is 1. The van der Waals surface area contributed by atoms with E-state index in [2.05, 4.69) is 4.98 Å². The summed E-state index contributed by atoms with van der Waals surface area (Å²) < 4.78 is 5.74. The average Bonchev–Trinajstić information content (AvgIpc) is 2.92. The van der Waals surface area contributed by atoms with E-state index in [4.69, 9.17) is 9.84 Å². The van der Waals surface area contributed by atoms with Crippen molar-refractivity contribution in [2.45, 2.75) is 46.6 Å². The number of hydrogen-bond acceptors (Lipinski definition) is 4. The lowest BCUT2D eigenvalue weighted by molar-refractivity contribution is -0.110. The minimum absolute atomic E-state index is 0.0305. The van der Waals surface area contributed by atoms with Gasteiger partial charge in [-0.3, -0.25) is 0 Å². The highest BCUT2D eigenvalue weighted by Gasteiger charge is 2.27. The molecule has 1 heterocycles. The number of carbonyl (C=O) groups is 2. The summed E-state index contributed by atoms with van der Waals surface area (Å²) in [5, 5.41) is 9.14. The molecule has 0 aromatic carbocycles. The van der Waals surface area contributed by atoms with Crippen LogP contribution in [0.1, 0.15) is 36.2 Å². The number of carboxylic acid groups (broad SMARTS) is 1. The number of aromatic nitrogens is 1. The number of nitrogens with zero attached hydrogens (tertiary/aromatic N) is 2. The van der Waals surface area contributed by atoms with Gasteiger partial charge in [0.2, 0.25) is 5.88 Å². The van der Waals surface area contributed by atoms with Crippen LogP contribution in [0, 0.1) is 19.8 Å². The van der Waals surface area contributed by atoms with Gasteiger partial charge in [0.15, 0.2) is 0 Å². The molecule has 2 rings (SSSR count). The molecule has 1 aromatic heterocycles. The monoisotopic (exact) mass is 320 g/mol. The first kappa shape index (κ1) is 17.2. The van der Waals surface area contributed by atoms with E-state index in [1.807, 2.05) is 27.7 Å². The second kappa shape index (κ2) is 6.98. The zero-order valence-electron chi connectivity index (χ0n) is 14.1. The number of hydrogen-bond donors (Lipinski definition) is 1. The summed E-state index contributed by atoms with van der Waals surface area (Å²) in [5.41, 5.74) is 4.16. The van der Waals surface area contributed by atoms with Crippen LogP contribution in [0.15, 0.2) is 0 Å². The van der Waals surface area contributed by atoms with Gasteiger partial charge in [0.05, 0.1) is 6.54 Å². The van der Waals surface area contributed by atoms with Crippen molar-refractivity contribution >= 4 is 12.4 Å². The fraction of sp³-hybridized carbons (Fsp3) is 0.588. The number of pyridine rings is 1. The van der Waals surface area contributed by atoms with Crippen LogP contribution in [0.25, 0.3) is 0 Å². The number of rotatable bonds is 6. The molecule has 0 spiro atoms. The molecular weight excluding hydrogens is 296 g/mol. The number of amides is 1. The molecule has 126 valence electrons. The van der Waals surface area contributed by atoms with Crippen LogP contribution in [-0.4, -0.2) is 46.6 Å². The van der Waals surface area contributed by atoms with E-state index in [1.165, 1.54) is 4.90 Å². The van der Waals surface area contributed by atoms with Gasteiger partial charge in [-0.05, 0) is 51.7 Å².